The van der Waals surface area contributed by atoms with Crippen LogP contribution in [0.2, 0.25) is 0 Å². The third-order valence-corrected chi connectivity index (χ3v) is 4.31. The van der Waals surface area contributed by atoms with Gasteiger partial charge in [0, 0.05) is 18.4 Å². The molecule has 2 heterocycles. The molecule has 1 aliphatic rings. The molecule has 27 heavy (non-hydrogen) atoms. The molecule has 1 atom stereocenters. The van der Waals surface area contributed by atoms with Crippen LogP contribution in [-0.2, 0) is 9.59 Å². The van der Waals surface area contributed by atoms with Gasteiger partial charge in [0.05, 0.1) is 32.6 Å². The van der Waals surface area contributed by atoms with Gasteiger partial charge in [0.15, 0.2) is 11.5 Å². The molecule has 0 saturated heterocycles. The Balaban J connectivity index is 1.90. The number of nitrogens with zero attached hydrogens (tertiary/aromatic N) is 2. The lowest BCUT2D eigenvalue weighted by atomic mass is 10.0. The number of carbonyl (C=O) groups excluding carboxylic acids is 1. The van der Waals surface area contributed by atoms with Crippen LogP contribution in [-0.4, -0.2) is 41.9 Å². The fourth-order valence-electron chi connectivity index (χ4n) is 2.96. The quantitative estimate of drug-likeness (QED) is 0.802. The summed E-state index contributed by atoms with van der Waals surface area (Å²) >= 11 is 0. The standard InChI is InChI=1S/C19H20N2O6/c1-25-16-6-5-12(10-17(16)26-2)13-11-14(15-4-3-9-27-15)21(20-13)18(22)7-8-19(23)24/h3-6,9-10,14H,7-8,11H2,1-2H3,(H,23,24)/t14-/m0/s1. The van der Waals surface area contributed by atoms with Gasteiger partial charge in [-0.3, -0.25) is 9.59 Å². The molecule has 1 aliphatic heterocycles. The summed E-state index contributed by atoms with van der Waals surface area (Å²) in [6.07, 6.45) is 1.60. The number of amides is 1. The van der Waals surface area contributed by atoms with Crippen LogP contribution < -0.4 is 9.47 Å². The normalized spacial score (nSPS) is 16.1. The van der Waals surface area contributed by atoms with E-state index in [0.29, 0.717) is 29.4 Å². The van der Waals surface area contributed by atoms with Crippen LogP contribution in [0.5, 0.6) is 11.5 Å². The van der Waals surface area contributed by atoms with Crippen LogP contribution in [0.15, 0.2) is 46.1 Å². The monoisotopic (exact) mass is 372 g/mol. The number of carbonyl (C=O) groups is 2. The van der Waals surface area contributed by atoms with Crippen molar-refractivity contribution >= 4 is 17.6 Å². The fraction of sp³-hybridized carbons (Fsp3) is 0.316. The average molecular weight is 372 g/mol. The van der Waals surface area contributed by atoms with Gasteiger partial charge in [0.2, 0.25) is 5.91 Å². The second kappa shape index (κ2) is 7.94. The van der Waals surface area contributed by atoms with Crippen molar-refractivity contribution in [1.82, 2.24) is 5.01 Å². The van der Waals surface area contributed by atoms with Gasteiger partial charge in [0.25, 0.3) is 0 Å². The maximum Gasteiger partial charge on any atom is 0.303 e. The van der Waals surface area contributed by atoms with Crippen LogP contribution in [0.3, 0.4) is 0 Å². The van der Waals surface area contributed by atoms with Crippen molar-refractivity contribution in [2.24, 2.45) is 5.10 Å². The molecule has 0 saturated carbocycles. The number of hydrogen-bond acceptors (Lipinski definition) is 6. The predicted molar refractivity (Wildman–Crippen MR) is 95.9 cm³/mol. The minimum absolute atomic E-state index is 0.130. The lowest BCUT2D eigenvalue weighted by Gasteiger charge is -2.19. The first-order valence-corrected chi connectivity index (χ1v) is 8.40. The number of ether oxygens (including phenoxy) is 2. The van der Waals surface area contributed by atoms with E-state index in [1.54, 1.807) is 38.5 Å². The number of hydrogen-bond donors (Lipinski definition) is 1. The Labute approximate surface area is 156 Å². The predicted octanol–water partition coefficient (Wildman–Crippen LogP) is 2.84. The zero-order valence-electron chi connectivity index (χ0n) is 15.0. The Bertz CT molecular complexity index is 859. The molecule has 0 unspecified atom stereocenters. The Morgan fingerprint density at radius 3 is 2.63 bits per heavy atom. The van der Waals surface area contributed by atoms with Crippen LogP contribution in [0.4, 0.5) is 0 Å². The number of rotatable bonds is 7. The van der Waals surface area contributed by atoms with E-state index < -0.39 is 12.0 Å². The maximum atomic E-state index is 12.5. The second-order valence-electron chi connectivity index (χ2n) is 5.98. The van der Waals surface area contributed by atoms with Gasteiger partial charge in [-0.15, -0.1) is 0 Å². The van der Waals surface area contributed by atoms with Gasteiger partial charge in [0.1, 0.15) is 11.8 Å². The summed E-state index contributed by atoms with van der Waals surface area (Å²) in [7, 11) is 3.10. The molecule has 8 nitrogen and oxygen atoms in total. The summed E-state index contributed by atoms with van der Waals surface area (Å²) in [5, 5.41) is 14.6. The molecular weight excluding hydrogens is 352 g/mol. The molecule has 2 aromatic rings. The molecule has 1 aromatic heterocycles. The highest BCUT2D eigenvalue weighted by Gasteiger charge is 2.35. The van der Waals surface area contributed by atoms with Crippen LogP contribution in [0.25, 0.3) is 0 Å². The molecular formula is C19H20N2O6. The van der Waals surface area contributed by atoms with Crippen LogP contribution >= 0.6 is 0 Å². The molecule has 0 radical (unpaired) electrons. The van der Waals surface area contributed by atoms with Crippen LogP contribution in [0.1, 0.15) is 36.6 Å². The minimum Gasteiger partial charge on any atom is -0.493 e. The van der Waals surface area contributed by atoms with Crippen molar-refractivity contribution in [3.05, 3.63) is 47.9 Å². The summed E-state index contributed by atoms with van der Waals surface area (Å²) in [5.41, 5.74) is 1.47. The van der Waals surface area contributed by atoms with Crippen molar-refractivity contribution in [2.45, 2.75) is 25.3 Å². The van der Waals surface area contributed by atoms with E-state index in [-0.39, 0.29) is 18.7 Å². The Morgan fingerprint density at radius 1 is 1.22 bits per heavy atom. The van der Waals surface area contributed by atoms with Gasteiger partial charge in [-0.25, -0.2) is 5.01 Å². The molecule has 0 fully saturated rings. The summed E-state index contributed by atoms with van der Waals surface area (Å²) < 4.78 is 16.0. The first-order valence-electron chi connectivity index (χ1n) is 8.40. The van der Waals surface area contributed by atoms with E-state index in [1.807, 2.05) is 6.07 Å². The van der Waals surface area contributed by atoms with Gasteiger partial charge >= 0.3 is 5.97 Å². The number of aliphatic carboxylic acids is 1. The Kier molecular flexibility index (Phi) is 5.44. The summed E-state index contributed by atoms with van der Waals surface area (Å²) in [4.78, 5) is 23.3. The highest BCUT2D eigenvalue weighted by Crippen LogP contribution is 2.35. The highest BCUT2D eigenvalue weighted by molar-refractivity contribution is 6.03. The van der Waals surface area contributed by atoms with E-state index in [4.69, 9.17) is 19.0 Å². The molecule has 1 aromatic carbocycles. The van der Waals surface area contributed by atoms with Gasteiger partial charge in [-0.2, -0.15) is 5.10 Å². The number of carboxylic acids is 1. The number of hydrazone groups is 1. The van der Waals surface area contributed by atoms with E-state index in [0.717, 1.165) is 5.56 Å². The summed E-state index contributed by atoms with van der Waals surface area (Å²) in [6.45, 7) is 0. The summed E-state index contributed by atoms with van der Waals surface area (Å²) in [6, 6.07) is 8.50. The molecule has 0 bridgehead atoms. The average Bonchev–Trinajstić information content (AvgIpc) is 3.34. The first kappa shape index (κ1) is 18.5. The number of methoxy groups -OCH3 is 2. The first-order chi connectivity index (χ1) is 13.0. The Hall–Kier alpha value is -3.29. The highest BCUT2D eigenvalue weighted by atomic mass is 16.5. The van der Waals surface area contributed by atoms with Crippen molar-refractivity contribution in [1.29, 1.82) is 0 Å². The van der Waals surface area contributed by atoms with Gasteiger partial charge in [-0.05, 0) is 30.3 Å². The summed E-state index contributed by atoms with van der Waals surface area (Å²) in [5.74, 6) is 0.355. The van der Waals surface area contributed by atoms with E-state index >= 15 is 0 Å². The third kappa shape index (κ3) is 3.94. The topological polar surface area (TPSA) is 102 Å². The van der Waals surface area contributed by atoms with E-state index in [2.05, 4.69) is 5.10 Å². The lowest BCUT2D eigenvalue weighted by molar-refractivity contribution is -0.141. The fourth-order valence-corrected chi connectivity index (χ4v) is 2.96. The Morgan fingerprint density at radius 2 is 2.00 bits per heavy atom. The second-order valence-corrected chi connectivity index (χ2v) is 5.98. The van der Waals surface area contributed by atoms with E-state index in [1.165, 1.54) is 11.3 Å². The number of benzene rings is 1. The zero-order valence-corrected chi connectivity index (χ0v) is 15.0. The van der Waals surface area contributed by atoms with Gasteiger partial charge < -0.3 is 19.0 Å². The zero-order chi connectivity index (χ0) is 19.4. The smallest absolute Gasteiger partial charge is 0.303 e. The van der Waals surface area contributed by atoms with E-state index in [9.17, 15) is 9.59 Å². The molecule has 0 spiro atoms. The lowest BCUT2D eigenvalue weighted by Crippen LogP contribution is -2.27. The van der Waals surface area contributed by atoms with Gasteiger partial charge in [-0.1, -0.05) is 0 Å². The molecule has 1 amide bonds. The van der Waals surface area contributed by atoms with Crippen molar-refractivity contribution in [3.8, 4) is 11.5 Å². The molecule has 8 heteroatoms. The number of carboxylic acid groups (broad SMARTS) is 1. The SMILES string of the molecule is COc1ccc(C2=NN(C(=O)CCC(=O)O)[C@H](c3ccco3)C2)cc1OC. The largest absolute Gasteiger partial charge is 0.493 e. The van der Waals surface area contributed by atoms with Crippen molar-refractivity contribution in [3.63, 3.8) is 0 Å². The molecule has 3 rings (SSSR count). The molecule has 142 valence electrons. The van der Waals surface area contributed by atoms with Crippen molar-refractivity contribution < 1.29 is 28.6 Å². The molecule has 0 aliphatic carbocycles. The minimum atomic E-state index is -1.03. The third-order valence-electron chi connectivity index (χ3n) is 4.31. The van der Waals surface area contributed by atoms with Crippen LogP contribution in [0, 0.1) is 0 Å². The number of furan rings is 1. The molecule has 1 N–H and O–H groups in total. The maximum absolute atomic E-state index is 12.5. The van der Waals surface area contributed by atoms with Crippen molar-refractivity contribution in [2.75, 3.05) is 14.2 Å².